The summed E-state index contributed by atoms with van der Waals surface area (Å²) in [6.07, 6.45) is 2.59. The molecule has 0 aromatic heterocycles. The van der Waals surface area contributed by atoms with E-state index in [2.05, 4.69) is 10.5 Å². The van der Waals surface area contributed by atoms with Gasteiger partial charge in [-0.25, -0.2) is 0 Å². The van der Waals surface area contributed by atoms with Gasteiger partial charge in [0.1, 0.15) is 0 Å². The number of hydrazone groups is 1. The largest absolute Gasteiger partial charge is 0.279 e. The molecule has 6 heteroatoms. The van der Waals surface area contributed by atoms with Crippen LogP contribution in [-0.4, -0.2) is 11.1 Å². The summed E-state index contributed by atoms with van der Waals surface area (Å²) in [5, 5.41) is 22.5. The highest BCUT2D eigenvalue weighted by atomic mass is 16.6. The van der Waals surface area contributed by atoms with Crippen molar-refractivity contribution in [2.75, 3.05) is 5.43 Å². The highest BCUT2D eigenvalue weighted by molar-refractivity contribution is 5.60. The Bertz CT molecular complexity index is 419. The molecule has 0 aliphatic carbocycles. The van der Waals surface area contributed by atoms with Crippen LogP contribution in [0, 0.1) is 21.4 Å². The molecule has 1 rings (SSSR count). The minimum atomic E-state index is -0.458. The number of rotatable bonds is 5. The second kappa shape index (κ2) is 6.14. The number of unbranched alkanes of at least 4 members (excludes halogenated alkanes) is 1. The van der Waals surface area contributed by atoms with Crippen molar-refractivity contribution in [3.63, 3.8) is 0 Å². The van der Waals surface area contributed by atoms with Crippen molar-refractivity contribution >= 4 is 17.6 Å². The zero-order valence-electron chi connectivity index (χ0n) is 8.46. The van der Waals surface area contributed by atoms with E-state index in [-0.39, 0.29) is 5.69 Å². The summed E-state index contributed by atoms with van der Waals surface area (Å²) >= 11 is 0. The minimum absolute atomic E-state index is 0.0408. The van der Waals surface area contributed by atoms with Crippen molar-refractivity contribution < 1.29 is 4.92 Å². The van der Waals surface area contributed by atoms with E-state index in [1.807, 2.05) is 6.07 Å². The first kappa shape index (κ1) is 11.7. The lowest BCUT2D eigenvalue weighted by molar-refractivity contribution is -0.384. The van der Waals surface area contributed by atoms with Gasteiger partial charge < -0.3 is 0 Å². The minimum Gasteiger partial charge on any atom is -0.279 e. The van der Waals surface area contributed by atoms with E-state index in [9.17, 15) is 10.1 Å². The molecule has 0 fully saturated rings. The van der Waals surface area contributed by atoms with Gasteiger partial charge in [-0.3, -0.25) is 15.5 Å². The molecule has 82 valence electrons. The molecule has 1 aromatic carbocycles. The van der Waals surface area contributed by atoms with E-state index >= 15 is 0 Å². The average molecular weight is 218 g/mol. The molecule has 0 saturated heterocycles. The lowest BCUT2D eigenvalue weighted by Gasteiger charge is -1.98. The normalized spacial score (nSPS) is 9.94. The Balaban J connectivity index is 2.47. The molecule has 0 amide bonds. The third kappa shape index (κ3) is 3.75. The van der Waals surface area contributed by atoms with Crippen molar-refractivity contribution in [3.8, 4) is 6.07 Å². The van der Waals surface area contributed by atoms with E-state index in [4.69, 9.17) is 5.26 Å². The summed E-state index contributed by atoms with van der Waals surface area (Å²) in [5.41, 5.74) is 3.41. The van der Waals surface area contributed by atoms with Crippen LogP contribution in [-0.2, 0) is 0 Å². The van der Waals surface area contributed by atoms with Crippen molar-refractivity contribution in [1.82, 2.24) is 0 Å². The predicted octanol–water partition coefficient (Wildman–Crippen LogP) is 2.30. The van der Waals surface area contributed by atoms with E-state index in [0.29, 0.717) is 18.5 Å². The third-order valence-corrected chi connectivity index (χ3v) is 1.75. The van der Waals surface area contributed by atoms with Gasteiger partial charge in [0.25, 0.3) is 5.69 Å². The number of nitrogens with one attached hydrogen (secondary N) is 1. The van der Waals surface area contributed by atoms with Gasteiger partial charge in [-0.1, -0.05) is 0 Å². The highest BCUT2D eigenvalue weighted by Crippen LogP contribution is 2.14. The van der Waals surface area contributed by atoms with Gasteiger partial charge >= 0.3 is 0 Å². The highest BCUT2D eigenvalue weighted by Gasteiger charge is 2.02. The van der Waals surface area contributed by atoms with Crippen LogP contribution in [0.3, 0.4) is 0 Å². The second-order valence-electron chi connectivity index (χ2n) is 2.92. The van der Waals surface area contributed by atoms with Gasteiger partial charge in [-0.15, -0.1) is 0 Å². The molecule has 0 radical (unpaired) electrons. The summed E-state index contributed by atoms with van der Waals surface area (Å²) in [7, 11) is 0. The molecule has 0 aliphatic heterocycles. The molecule has 0 aliphatic rings. The molecule has 1 aromatic rings. The third-order valence-electron chi connectivity index (χ3n) is 1.75. The Morgan fingerprint density at radius 1 is 1.50 bits per heavy atom. The molecular weight excluding hydrogens is 208 g/mol. The number of nitriles is 1. The molecule has 0 spiro atoms. The zero-order valence-corrected chi connectivity index (χ0v) is 8.46. The van der Waals surface area contributed by atoms with Gasteiger partial charge in [0, 0.05) is 24.8 Å². The Morgan fingerprint density at radius 3 is 2.75 bits per heavy atom. The maximum atomic E-state index is 10.4. The molecule has 1 N–H and O–H groups in total. The summed E-state index contributed by atoms with van der Waals surface area (Å²) < 4.78 is 0. The van der Waals surface area contributed by atoms with E-state index < -0.39 is 4.92 Å². The van der Waals surface area contributed by atoms with Crippen LogP contribution in [0.1, 0.15) is 12.8 Å². The second-order valence-corrected chi connectivity index (χ2v) is 2.92. The van der Waals surface area contributed by atoms with E-state index in [1.165, 1.54) is 12.1 Å². The molecule has 0 unspecified atom stereocenters. The molecule has 0 saturated carbocycles. The average Bonchev–Trinajstić information content (AvgIpc) is 2.29. The van der Waals surface area contributed by atoms with Crippen molar-refractivity contribution in [2.24, 2.45) is 5.10 Å². The topological polar surface area (TPSA) is 91.3 Å². The molecule has 0 atom stereocenters. The maximum absolute atomic E-state index is 10.4. The number of nitro groups is 1. The Hall–Kier alpha value is -2.42. The first-order valence-corrected chi connectivity index (χ1v) is 4.63. The van der Waals surface area contributed by atoms with Gasteiger partial charge in [-0.2, -0.15) is 10.4 Å². The zero-order chi connectivity index (χ0) is 11.8. The Morgan fingerprint density at radius 2 is 2.19 bits per heavy atom. The fourth-order valence-electron chi connectivity index (χ4n) is 0.972. The van der Waals surface area contributed by atoms with Crippen LogP contribution in [0.4, 0.5) is 11.4 Å². The lowest BCUT2D eigenvalue weighted by Crippen LogP contribution is -1.91. The fourth-order valence-corrected chi connectivity index (χ4v) is 0.972. The number of nitrogens with zero attached hydrogens (tertiary/aromatic N) is 3. The van der Waals surface area contributed by atoms with E-state index in [1.54, 1.807) is 18.3 Å². The summed E-state index contributed by atoms with van der Waals surface area (Å²) in [6.45, 7) is 0. The predicted molar refractivity (Wildman–Crippen MR) is 60.1 cm³/mol. The Labute approximate surface area is 92.4 Å². The first-order chi connectivity index (χ1) is 7.74. The number of anilines is 1. The van der Waals surface area contributed by atoms with Crippen molar-refractivity contribution in [3.05, 3.63) is 34.4 Å². The molecule has 6 nitrogen and oxygen atoms in total. The van der Waals surface area contributed by atoms with Crippen LogP contribution >= 0.6 is 0 Å². The van der Waals surface area contributed by atoms with Gasteiger partial charge in [0.15, 0.2) is 0 Å². The SMILES string of the molecule is N#CCC/C=N/Nc1ccc([N+](=O)[O-])cc1. The standard InChI is InChI=1S/C10H10N4O2/c11-7-1-2-8-12-13-9-3-5-10(6-4-9)14(15)16/h3-6,8,13H,1-2H2/b12-8+. The lowest BCUT2D eigenvalue weighted by atomic mass is 10.3. The fraction of sp³-hybridized carbons (Fsp3) is 0.200. The smallest absolute Gasteiger partial charge is 0.269 e. The van der Waals surface area contributed by atoms with Gasteiger partial charge in [0.2, 0.25) is 0 Å². The summed E-state index contributed by atoms with van der Waals surface area (Å²) in [6, 6.07) is 7.92. The van der Waals surface area contributed by atoms with Gasteiger partial charge in [-0.05, 0) is 18.6 Å². The monoisotopic (exact) mass is 218 g/mol. The van der Waals surface area contributed by atoms with Crippen LogP contribution in [0.25, 0.3) is 0 Å². The van der Waals surface area contributed by atoms with Crippen LogP contribution < -0.4 is 5.43 Å². The van der Waals surface area contributed by atoms with Crippen molar-refractivity contribution in [1.29, 1.82) is 5.26 Å². The van der Waals surface area contributed by atoms with Crippen molar-refractivity contribution in [2.45, 2.75) is 12.8 Å². The number of hydrogen-bond donors (Lipinski definition) is 1. The molecule has 0 bridgehead atoms. The summed E-state index contributed by atoms with van der Waals surface area (Å²) in [4.78, 5) is 9.91. The first-order valence-electron chi connectivity index (χ1n) is 4.63. The maximum Gasteiger partial charge on any atom is 0.269 e. The number of nitro benzene ring substituents is 1. The van der Waals surface area contributed by atoms with Gasteiger partial charge in [0.05, 0.1) is 16.7 Å². The number of hydrogen-bond acceptors (Lipinski definition) is 5. The molecule has 0 heterocycles. The van der Waals surface area contributed by atoms with E-state index in [0.717, 1.165) is 0 Å². The Kier molecular flexibility index (Phi) is 4.47. The quantitative estimate of drug-likeness (QED) is 0.355. The number of benzene rings is 1. The summed E-state index contributed by atoms with van der Waals surface area (Å²) in [5.74, 6) is 0. The molecule has 16 heavy (non-hydrogen) atoms. The van der Waals surface area contributed by atoms with Crippen LogP contribution in [0.5, 0.6) is 0 Å². The molecular formula is C10H10N4O2. The van der Waals surface area contributed by atoms with Crippen LogP contribution in [0.2, 0.25) is 0 Å². The number of non-ortho nitro benzene ring substituents is 1. The van der Waals surface area contributed by atoms with Crippen LogP contribution in [0.15, 0.2) is 29.4 Å².